The predicted molar refractivity (Wildman–Crippen MR) is 93.2 cm³/mol. The van der Waals surface area contributed by atoms with Gasteiger partial charge in [-0.2, -0.15) is 0 Å². The number of hydrogen-bond donors (Lipinski definition) is 2. The van der Waals surface area contributed by atoms with Gasteiger partial charge >= 0.3 is 0 Å². The Morgan fingerprint density at radius 1 is 1.17 bits per heavy atom. The smallest absolute Gasteiger partial charge is 0.275 e. The summed E-state index contributed by atoms with van der Waals surface area (Å²) in [7, 11) is 0. The maximum atomic E-state index is 12.1. The molecule has 0 bridgehead atoms. The van der Waals surface area contributed by atoms with Gasteiger partial charge in [0.05, 0.1) is 22.6 Å². The highest BCUT2D eigenvalue weighted by Crippen LogP contribution is 2.28. The first-order valence-electron chi connectivity index (χ1n) is 6.94. The normalized spacial score (nSPS) is 10.5. The second kappa shape index (κ2) is 6.90. The third-order valence-corrected chi connectivity index (χ3v) is 3.62. The lowest BCUT2D eigenvalue weighted by atomic mass is 10.3. The summed E-state index contributed by atoms with van der Waals surface area (Å²) in [5.74, 6) is 0.575. The third kappa shape index (κ3) is 3.84. The third-order valence-electron chi connectivity index (χ3n) is 3.08. The number of carbonyl (C=O) groups is 1. The molecule has 2 N–H and O–H groups in total. The Balaban J connectivity index is 1.69. The first kappa shape index (κ1) is 16.3. The SMILES string of the molecule is Cc1cc(NC(=O)c2ccc(Nc3ccc(Cl)cc3Cl)cn2)no1. The summed E-state index contributed by atoms with van der Waals surface area (Å²) in [6, 6.07) is 10.1. The molecule has 0 radical (unpaired) electrons. The number of aryl methyl sites for hydroxylation is 1. The first-order valence-corrected chi connectivity index (χ1v) is 7.69. The molecule has 0 fully saturated rings. The van der Waals surface area contributed by atoms with Crippen molar-refractivity contribution in [2.45, 2.75) is 6.92 Å². The van der Waals surface area contributed by atoms with Crippen LogP contribution in [0.1, 0.15) is 16.2 Å². The van der Waals surface area contributed by atoms with Crippen LogP contribution >= 0.6 is 23.2 Å². The maximum absolute atomic E-state index is 12.1. The molecule has 0 saturated carbocycles. The molecule has 6 nitrogen and oxygen atoms in total. The summed E-state index contributed by atoms with van der Waals surface area (Å²) in [6.45, 7) is 1.74. The molecule has 0 unspecified atom stereocenters. The summed E-state index contributed by atoms with van der Waals surface area (Å²) in [5, 5.41) is 10.5. The number of nitrogens with zero attached hydrogens (tertiary/aromatic N) is 2. The monoisotopic (exact) mass is 362 g/mol. The number of hydrogen-bond acceptors (Lipinski definition) is 5. The fourth-order valence-corrected chi connectivity index (χ4v) is 2.41. The van der Waals surface area contributed by atoms with E-state index in [1.54, 1.807) is 43.3 Å². The molecule has 0 atom stereocenters. The zero-order valence-electron chi connectivity index (χ0n) is 12.5. The van der Waals surface area contributed by atoms with Crippen LogP contribution in [0.25, 0.3) is 0 Å². The molecular weight excluding hydrogens is 351 g/mol. The van der Waals surface area contributed by atoms with Crippen LogP contribution in [0.3, 0.4) is 0 Å². The van der Waals surface area contributed by atoms with Crippen molar-refractivity contribution in [1.29, 1.82) is 0 Å². The Bertz CT molecular complexity index is 878. The number of anilines is 3. The Morgan fingerprint density at radius 3 is 2.62 bits per heavy atom. The molecule has 3 aromatic rings. The van der Waals surface area contributed by atoms with Crippen LogP contribution in [-0.4, -0.2) is 16.0 Å². The van der Waals surface area contributed by atoms with Gasteiger partial charge in [-0.05, 0) is 37.3 Å². The molecule has 0 aliphatic rings. The first-order chi connectivity index (χ1) is 11.5. The molecule has 0 saturated heterocycles. The average Bonchev–Trinajstić information content (AvgIpc) is 2.96. The van der Waals surface area contributed by atoms with Gasteiger partial charge in [0.25, 0.3) is 5.91 Å². The van der Waals surface area contributed by atoms with Gasteiger partial charge in [-0.15, -0.1) is 0 Å². The quantitative estimate of drug-likeness (QED) is 0.704. The Labute approximate surface area is 147 Å². The highest BCUT2D eigenvalue weighted by atomic mass is 35.5. The molecule has 0 spiro atoms. The topological polar surface area (TPSA) is 80.0 Å². The van der Waals surface area contributed by atoms with Crippen LogP contribution in [0.5, 0.6) is 0 Å². The van der Waals surface area contributed by atoms with Gasteiger partial charge in [0.2, 0.25) is 0 Å². The number of benzene rings is 1. The van der Waals surface area contributed by atoms with E-state index in [0.29, 0.717) is 33.0 Å². The fraction of sp³-hybridized carbons (Fsp3) is 0.0625. The predicted octanol–water partition coefficient (Wildman–Crippen LogP) is 4.68. The number of nitrogens with one attached hydrogen (secondary N) is 2. The second-order valence-electron chi connectivity index (χ2n) is 4.96. The zero-order chi connectivity index (χ0) is 17.1. The fourth-order valence-electron chi connectivity index (χ4n) is 1.95. The lowest BCUT2D eigenvalue weighted by Crippen LogP contribution is -2.13. The van der Waals surface area contributed by atoms with Gasteiger partial charge in [0.15, 0.2) is 5.82 Å². The van der Waals surface area contributed by atoms with Crippen molar-refractivity contribution in [2.75, 3.05) is 10.6 Å². The second-order valence-corrected chi connectivity index (χ2v) is 5.80. The van der Waals surface area contributed by atoms with Crippen molar-refractivity contribution >= 4 is 46.3 Å². The minimum atomic E-state index is -0.376. The van der Waals surface area contributed by atoms with Gasteiger partial charge < -0.3 is 15.2 Å². The van der Waals surface area contributed by atoms with Crippen molar-refractivity contribution in [3.63, 3.8) is 0 Å². The number of aromatic nitrogens is 2. The summed E-state index contributed by atoms with van der Waals surface area (Å²) in [6.07, 6.45) is 1.54. The van der Waals surface area contributed by atoms with E-state index in [2.05, 4.69) is 20.8 Å². The molecule has 3 rings (SSSR count). The summed E-state index contributed by atoms with van der Waals surface area (Å²) in [5.41, 5.74) is 1.63. The molecule has 1 aromatic carbocycles. The van der Waals surface area contributed by atoms with Crippen LogP contribution < -0.4 is 10.6 Å². The molecule has 2 aromatic heterocycles. The highest BCUT2D eigenvalue weighted by Gasteiger charge is 2.10. The molecule has 2 heterocycles. The van der Waals surface area contributed by atoms with E-state index in [9.17, 15) is 4.79 Å². The van der Waals surface area contributed by atoms with Crippen molar-refractivity contribution in [3.05, 3.63) is 64.1 Å². The standard InChI is InChI=1S/C16H12Cl2N4O2/c1-9-6-15(22-24-9)21-16(23)14-5-3-11(8-19-14)20-13-4-2-10(17)7-12(13)18/h2-8,20H,1H3,(H,21,22,23). The number of rotatable bonds is 4. The van der Waals surface area contributed by atoms with Crippen LogP contribution in [0.2, 0.25) is 10.0 Å². The average molecular weight is 363 g/mol. The molecule has 8 heteroatoms. The van der Waals surface area contributed by atoms with Crippen molar-refractivity contribution in [2.24, 2.45) is 0 Å². The van der Waals surface area contributed by atoms with Gasteiger partial charge in [0.1, 0.15) is 11.5 Å². The van der Waals surface area contributed by atoms with Crippen molar-refractivity contribution in [3.8, 4) is 0 Å². The van der Waals surface area contributed by atoms with Crippen molar-refractivity contribution in [1.82, 2.24) is 10.1 Å². The molecule has 0 aliphatic heterocycles. The van der Waals surface area contributed by atoms with E-state index in [1.165, 1.54) is 6.20 Å². The Hall–Kier alpha value is -2.57. The lowest BCUT2D eigenvalue weighted by molar-refractivity contribution is 0.102. The number of pyridine rings is 1. The van der Waals surface area contributed by atoms with Crippen LogP contribution in [0, 0.1) is 6.92 Å². The summed E-state index contributed by atoms with van der Waals surface area (Å²) in [4.78, 5) is 16.2. The van der Waals surface area contributed by atoms with Gasteiger partial charge in [-0.3, -0.25) is 4.79 Å². The molecule has 24 heavy (non-hydrogen) atoms. The molecule has 122 valence electrons. The zero-order valence-corrected chi connectivity index (χ0v) is 14.0. The van der Waals surface area contributed by atoms with Gasteiger partial charge in [-0.1, -0.05) is 28.4 Å². The molecule has 0 aliphatic carbocycles. The number of carbonyl (C=O) groups excluding carboxylic acids is 1. The van der Waals surface area contributed by atoms with E-state index >= 15 is 0 Å². The molecule has 1 amide bonds. The van der Waals surface area contributed by atoms with Gasteiger partial charge in [-0.25, -0.2) is 4.98 Å². The number of amides is 1. The summed E-state index contributed by atoms with van der Waals surface area (Å²) < 4.78 is 4.89. The van der Waals surface area contributed by atoms with E-state index in [1.807, 2.05) is 0 Å². The van der Waals surface area contributed by atoms with Crippen molar-refractivity contribution < 1.29 is 9.32 Å². The number of halogens is 2. The van der Waals surface area contributed by atoms with E-state index < -0.39 is 0 Å². The Kier molecular flexibility index (Phi) is 4.69. The van der Waals surface area contributed by atoms with E-state index in [-0.39, 0.29) is 11.6 Å². The van der Waals surface area contributed by atoms with Gasteiger partial charge in [0, 0.05) is 11.1 Å². The van der Waals surface area contributed by atoms with E-state index in [0.717, 1.165) is 0 Å². The minimum Gasteiger partial charge on any atom is -0.360 e. The van der Waals surface area contributed by atoms with Crippen LogP contribution in [0.4, 0.5) is 17.2 Å². The highest BCUT2D eigenvalue weighted by molar-refractivity contribution is 6.36. The largest absolute Gasteiger partial charge is 0.360 e. The molecular formula is C16H12Cl2N4O2. The summed E-state index contributed by atoms with van der Waals surface area (Å²) >= 11 is 12.0. The van der Waals surface area contributed by atoms with Crippen LogP contribution in [-0.2, 0) is 0 Å². The maximum Gasteiger partial charge on any atom is 0.275 e. The minimum absolute atomic E-state index is 0.253. The Morgan fingerprint density at radius 2 is 2.00 bits per heavy atom. The van der Waals surface area contributed by atoms with Crippen LogP contribution in [0.15, 0.2) is 47.1 Å². The van der Waals surface area contributed by atoms with E-state index in [4.69, 9.17) is 27.7 Å². The lowest BCUT2D eigenvalue weighted by Gasteiger charge is -2.09.